The van der Waals surface area contributed by atoms with Gasteiger partial charge >= 0.3 is 0 Å². The van der Waals surface area contributed by atoms with E-state index in [1.807, 2.05) is 0 Å². The van der Waals surface area contributed by atoms with E-state index in [4.69, 9.17) is 9.73 Å². The molecular formula is C21H43N5O. The molecule has 6 nitrogen and oxygen atoms in total. The second-order valence-corrected chi connectivity index (χ2v) is 9.34. The molecule has 27 heavy (non-hydrogen) atoms. The molecule has 0 amide bonds. The van der Waals surface area contributed by atoms with Gasteiger partial charge < -0.3 is 20.3 Å². The van der Waals surface area contributed by atoms with Crippen molar-refractivity contribution < 1.29 is 4.74 Å². The Morgan fingerprint density at radius 1 is 1.11 bits per heavy atom. The van der Waals surface area contributed by atoms with Crippen molar-refractivity contribution >= 4 is 5.96 Å². The Balaban J connectivity index is 2.01. The number of nitrogens with zero attached hydrogens (tertiary/aromatic N) is 3. The van der Waals surface area contributed by atoms with Crippen LogP contribution in [0.2, 0.25) is 0 Å². The van der Waals surface area contributed by atoms with Crippen LogP contribution in [0.4, 0.5) is 0 Å². The highest BCUT2D eigenvalue weighted by Crippen LogP contribution is 2.33. The van der Waals surface area contributed by atoms with Gasteiger partial charge in [0.05, 0.1) is 13.2 Å². The van der Waals surface area contributed by atoms with Crippen molar-refractivity contribution in [3.63, 3.8) is 0 Å². The lowest BCUT2D eigenvalue weighted by molar-refractivity contribution is -0.0352. The third kappa shape index (κ3) is 7.24. The summed E-state index contributed by atoms with van der Waals surface area (Å²) in [6, 6.07) is 0. The van der Waals surface area contributed by atoms with Gasteiger partial charge in [-0.1, -0.05) is 33.1 Å². The summed E-state index contributed by atoms with van der Waals surface area (Å²) >= 11 is 0. The van der Waals surface area contributed by atoms with Crippen molar-refractivity contribution in [2.45, 2.75) is 58.4 Å². The third-order valence-corrected chi connectivity index (χ3v) is 5.80. The highest BCUT2D eigenvalue weighted by molar-refractivity contribution is 5.79. The topological polar surface area (TPSA) is 52.1 Å². The van der Waals surface area contributed by atoms with Gasteiger partial charge in [-0.2, -0.15) is 0 Å². The molecule has 158 valence electrons. The van der Waals surface area contributed by atoms with E-state index in [0.717, 1.165) is 58.4 Å². The monoisotopic (exact) mass is 381 g/mol. The molecule has 1 saturated carbocycles. The smallest absolute Gasteiger partial charge is 0.191 e. The van der Waals surface area contributed by atoms with Gasteiger partial charge in [-0.25, -0.2) is 0 Å². The molecule has 0 spiro atoms. The summed E-state index contributed by atoms with van der Waals surface area (Å²) in [5, 5.41) is 7.15. The van der Waals surface area contributed by atoms with Crippen LogP contribution in [0, 0.1) is 5.41 Å². The third-order valence-electron chi connectivity index (χ3n) is 5.80. The molecule has 1 aliphatic carbocycles. The van der Waals surface area contributed by atoms with Crippen LogP contribution in [0.5, 0.6) is 0 Å². The highest BCUT2D eigenvalue weighted by Gasteiger charge is 2.38. The van der Waals surface area contributed by atoms with E-state index >= 15 is 0 Å². The summed E-state index contributed by atoms with van der Waals surface area (Å²) in [6.07, 6.45) is 6.61. The van der Waals surface area contributed by atoms with Crippen molar-refractivity contribution in [2.24, 2.45) is 10.4 Å². The van der Waals surface area contributed by atoms with Gasteiger partial charge in [0.2, 0.25) is 0 Å². The molecule has 0 radical (unpaired) electrons. The first-order valence-electron chi connectivity index (χ1n) is 10.9. The molecule has 0 aromatic rings. The first-order chi connectivity index (χ1) is 12.9. The van der Waals surface area contributed by atoms with Crippen molar-refractivity contribution in [3.8, 4) is 0 Å². The standard InChI is InChI=1S/C21H43N5O/c1-6-22-19(23-16-20(2,3)18-25(4)5)24-17-21(10-8-7-9-11-21)26-12-14-27-15-13-26/h6-18H2,1-5H3,(H2,22,23,24). The number of rotatable bonds is 8. The number of guanidine groups is 1. The lowest BCUT2D eigenvalue weighted by Gasteiger charge is -2.48. The van der Waals surface area contributed by atoms with Gasteiger partial charge in [-0.05, 0) is 39.3 Å². The minimum absolute atomic E-state index is 0.165. The molecule has 0 unspecified atom stereocenters. The van der Waals surface area contributed by atoms with E-state index in [0.29, 0.717) is 0 Å². The average Bonchev–Trinajstić information content (AvgIpc) is 2.64. The van der Waals surface area contributed by atoms with Crippen LogP contribution >= 0.6 is 0 Å². The van der Waals surface area contributed by atoms with E-state index in [1.54, 1.807) is 0 Å². The second-order valence-electron chi connectivity index (χ2n) is 9.34. The van der Waals surface area contributed by atoms with Crippen molar-refractivity contribution in [3.05, 3.63) is 0 Å². The largest absolute Gasteiger partial charge is 0.379 e. The Hall–Kier alpha value is -0.850. The Morgan fingerprint density at radius 3 is 2.37 bits per heavy atom. The second kappa shape index (κ2) is 10.6. The van der Waals surface area contributed by atoms with Gasteiger partial charge in [-0.15, -0.1) is 0 Å². The number of ether oxygens (including phenoxy) is 1. The SMILES string of the molecule is CCNC(=NCC(C)(C)CN(C)C)NCC1(N2CCOCC2)CCCCC1. The Kier molecular flexibility index (Phi) is 8.83. The van der Waals surface area contributed by atoms with Gasteiger partial charge in [-0.3, -0.25) is 9.89 Å². The Morgan fingerprint density at radius 2 is 1.78 bits per heavy atom. The quantitative estimate of drug-likeness (QED) is 0.498. The van der Waals surface area contributed by atoms with Crippen LogP contribution in [0.25, 0.3) is 0 Å². The maximum absolute atomic E-state index is 5.61. The summed E-state index contributed by atoms with van der Waals surface area (Å²) in [5.74, 6) is 0.961. The zero-order valence-electron chi connectivity index (χ0n) is 18.4. The zero-order valence-corrected chi connectivity index (χ0v) is 18.4. The van der Waals surface area contributed by atoms with Crippen LogP contribution < -0.4 is 10.6 Å². The van der Waals surface area contributed by atoms with Crippen LogP contribution in [0.15, 0.2) is 4.99 Å². The predicted octanol–water partition coefficient (Wildman–Crippen LogP) is 2.16. The van der Waals surface area contributed by atoms with E-state index in [9.17, 15) is 0 Å². The van der Waals surface area contributed by atoms with Crippen molar-refractivity contribution in [1.82, 2.24) is 20.4 Å². The van der Waals surface area contributed by atoms with E-state index < -0.39 is 0 Å². The van der Waals surface area contributed by atoms with Gasteiger partial charge in [0.25, 0.3) is 0 Å². The fourth-order valence-electron chi connectivity index (χ4n) is 4.64. The normalized spacial score (nSPS) is 22.1. The lowest BCUT2D eigenvalue weighted by Crippen LogP contribution is -2.60. The molecule has 0 aromatic heterocycles. The van der Waals surface area contributed by atoms with E-state index in [2.05, 4.69) is 55.3 Å². The molecule has 0 bridgehead atoms. The molecule has 1 saturated heterocycles. The minimum atomic E-state index is 0.165. The molecule has 2 N–H and O–H groups in total. The van der Waals surface area contributed by atoms with Crippen LogP contribution in [0.3, 0.4) is 0 Å². The number of nitrogens with one attached hydrogen (secondary N) is 2. The zero-order chi connectivity index (χ0) is 19.8. The van der Waals surface area contributed by atoms with Crippen LogP contribution in [-0.4, -0.2) is 87.9 Å². The maximum Gasteiger partial charge on any atom is 0.191 e. The summed E-state index contributed by atoms with van der Waals surface area (Å²) in [4.78, 5) is 9.85. The fourth-order valence-corrected chi connectivity index (χ4v) is 4.64. The fraction of sp³-hybridized carbons (Fsp3) is 0.952. The molecule has 2 rings (SSSR count). The summed E-state index contributed by atoms with van der Waals surface area (Å²) in [5.41, 5.74) is 0.427. The Bertz CT molecular complexity index is 451. The number of hydrogen-bond donors (Lipinski definition) is 2. The number of morpholine rings is 1. The predicted molar refractivity (Wildman–Crippen MR) is 115 cm³/mol. The summed E-state index contributed by atoms with van der Waals surface area (Å²) < 4.78 is 5.61. The van der Waals surface area contributed by atoms with Crippen molar-refractivity contribution in [1.29, 1.82) is 0 Å². The van der Waals surface area contributed by atoms with Gasteiger partial charge in [0.1, 0.15) is 0 Å². The van der Waals surface area contributed by atoms with E-state index in [1.165, 1.54) is 32.1 Å². The Labute approximate surface area is 167 Å². The molecule has 0 aromatic carbocycles. The van der Waals surface area contributed by atoms with Crippen LogP contribution in [-0.2, 0) is 4.74 Å². The number of hydrogen-bond acceptors (Lipinski definition) is 4. The molecule has 1 aliphatic heterocycles. The molecule has 1 heterocycles. The summed E-state index contributed by atoms with van der Waals surface area (Å²) in [7, 11) is 4.26. The molecular weight excluding hydrogens is 338 g/mol. The maximum atomic E-state index is 5.61. The highest BCUT2D eigenvalue weighted by atomic mass is 16.5. The molecule has 2 fully saturated rings. The minimum Gasteiger partial charge on any atom is -0.379 e. The number of aliphatic imine (C=N–C) groups is 1. The van der Waals surface area contributed by atoms with Crippen molar-refractivity contribution in [2.75, 3.05) is 66.6 Å². The first-order valence-corrected chi connectivity index (χ1v) is 10.9. The molecule has 6 heteroatoms. The summed E-state index contributed by atoms with van der Waals surface area (Å²) in [6.45, 7) is 14.3. The van der Waals surface area contributed by atoms with Crippen LogP contribution in [0.1, 0.15) is 52.9 Å². The van der Waals surface area contributed by atoms with Gasteiger partial charge in [0, 0.05) is 44.8 Å². The lowest BCUT2D eigenvalue weighted by atomic mass is 9.80. The molecule has 0 atom stereocenters. The first kappa shape index (κ1) is 22.4. The molecule has 2 aliphatic rings. The van der Waals surface area contributed by atoms with E-state index in [-0.39, 0.29) is 11.0 Å². The van der Waals surface area contributed by atoms with Gasteiger partial charge in [0.15, 0.2) is 5.96 Å². The average molecular weight is 382 g/mol.